The molecule has 0 heterocycles. The highest BCUT2D eigenvalue weighted by Crippen LogP contribution is 2.28. The average molecular weight is 346 g/mol. The number of benzene rings is 2. The number of hydrogen-bond donors (Lipinski definition) is 1. The Morgan fingerprint density at radius 3 is 2.58 bits per heavy atom. The zero-order chi connectivity index (χ0) is 14.0. The molecule has 0 spiro atoms. The van der Waals surface area contributed by atoms with Crippen LogP contribution in [0, 0.1) is 5.82 Å². The highest BCUT2D eigenvalue weighted by Gasteiger charge is 2.08. The van der Waals surface area contributed by atoms with Gasteiger partial charge in [-0.25, -0.2) is 9.18 Å². The van der Waals surface area contributed by atoms with Crippen molar-refractivity contribution in [2.75, 3.05) is 0 Å². The van der Waals surface area contributed by atoms with Crippen molar-refractivity contribution < 1.29 is 19.0 Å². The van der Waals surface area contributed by atoms with E-state index in [0.717, 1.165) is 6.07 Å². The maximum absolute atomic E-state index is 13.3. The van der Waals surface area contributed by atoms with Crippen molar-refractivity contribution in [3.05, 3.63) is 57.3 Å². The van der Waals surface area contributed by atoms with Crippen LogP contribution in [-0.4, -0.2) is 11.1 Å². The Bertz CT molecular complexity index is 646. The van der Waals surface area contributed by atoms with Gasteiger partial charge >= 0.3 is 5.97 Å². The third kappa shape index (κ3) is 3.45. The fraction of sp³-hybridized carbons (Fsp3) is 0. The lowest BCUT2D eigenvalue weighted by atomic mass is 10.2. The third-order valence-electron chi connectivity index (χ3n) is 2.25. The standard InChI is InChI=1S/C13H7BrClFO3/c14-8-3-7(13(17)18)4-10(5-8)19-9-1-2-11(15)12(16)6-9/h1-6H,(H,17,18). The Hall–Kier alpha value is -1.59. The van der Waals surface area contributed by atoms with Crippen LogP contribution in [0.4, 0.5) is 4.39 Å². The lowest BCUT2D eigenvalue weighted by molar-refractivity contribution is 0.0696. The summed E-state index contributed by atoms with van der Waals surface area (Å²) in [5.41, 5.74) is 0.0683. The molecule has 0 bridgehead atoms. The van der Waals surface area contributed by atoms with Gasteiger partial charge in [-0.05, 0) is 30.3 Å². The minimum absolute atomic E-state index is 0.00665. The molecular weight excluding hydrogens is 338 g/mol. The summed E-state index contributed by atoms with van der Waals surface area (Å²) < 4.78 is 19.2. The molecule has 0 aliphatic carbocycles. The fourth-order valence-corrected chi connectivity index (χ4v) is 2.01. The van der Waals surface area contributed by atoms with Gasteiger partial charge in [-0.1, -0.05) is 27.5 Å². The number of aromatic carboxylic acids is 1. The molecule has 19 heavy (non-hydrogen) atoms. The minimum Gasteiger partial charge on any atom is -0.478 e. The van der Waals surface area contributed by atoms with E-state index in [-0.39, 0.29) is 22.1 Å². The van der Waals surface area contributed by atoms with E-state index in [1.807, 2.05) is 0 Å². The molecule has 98 valence electrons. The lowest BCUT2D eigenvalue weighted by Gasteiger charge is -2.08. The second-order valence-corrected chi connectivity index (χ2v) is 4.98. The van der Waals surface area contributed by atoms with Crippen molar-refractivity contribution in [3.8, 4) is 11.5 Å². The second kappa shape index (κ2) is 5.59. The smallest absolute Gasteiger partial charge is 0.335 e. The monoisotopic (exact) mass is 344 g/mol. The highest BCUT2D eigenvalue weighted by atomic mass is 79.9. The number of rotatable bonds is 3. The molecule has 1 N–H and O–H groups in total. The Kier molecular flexibility index (Phi) is 4.07. The Morgan fingerprint density at radius 1 is 1.21 bits per heavy atom. The second-order valence-electron chi connectivity index (χ2n) is 3.66. The number of ether oxygens (including phenoxy) is 1. The molecule has 0 atom stereocenters. The normalized spacial score (nSPS) is 10.3. The van der Waals surface area contributed by atoms with E-state index in [1.54, 1.807) is 6.07 Å². The van der Waals surface area contributed by atoms with Gasteiger partial charge in [0.15, 0.2) is 0 Å². The molecule has 2 aromatic carbocycles. The Morgan fingerprint density at radius 2 is 1.95 bits per heavy atom. The largest absolute Gasteiger partial charge is 0.478 e. The molecule has 0 aromatic heterocycles. The van der Waals surface area contributed by atoms with Crippen molar-refractivity contribution >= 4 is 33.5 Å². The van der Waals surface area contributed by atoms with Gasteiger partial charge in [-0.15, -0.1) is 0 Å². The molecular formula is C13H7BrClFO3. The maximum atomic E-state index is 13.3. The zero-order valence-corrected chi connectivity index (χ0v) is 11.7. The van der Waals surface area contributed by atoms with Crippen LogP contribution in [-0.2, 0) is 0 Å². The van der Waals surface area contributed by atoms with Crippen LogP contribution in [0.25, 0.3) is 0 Å². The van der Waals surface area contributed by atoms with Crippen LogP contribution >= 0.6 is 27.5 Å². The fourth-order valence-electron chi connectivity index (χ4n) is 1.42. The molecule has 0 amide bonds. The molecule has 0 aliphatic rings. The van der Waals surface area contributed by atoms with E-state index in [0.29, 0.717) is 4.47 Å². The van der Waals surface area contributed by atoms with E-state index < -0.39 is 11.8 Å². The van der Waals surface area contributed by atoms with Gasteiger partial charge in [0.25, 0.3) is 0 Å². The van der Waals surface area contributed by atoms with Crippen LogP contribution in [0.3, 0.4) is 0 Å². The molecule has 3 nitrogen and oxygen atoms in total. The minimum atomic E-state index is -1.08. The van der Waals surface area contributed by atoms with Crippen LogP contribution in [0.5, 0.6) is 11.5 Å². The molecule has 2 aromatic rings. The summed E-state index contributed by atoms with van der Waals surface area (Å²) in [6.45, 7) is 0. The van der Waals surface area contributed by atoms with Crippen LogP contribution in [0.1, 0.15) is 10.4 Å². The van der Waals surface area contributed by atoms with Crippen molar-refractivity contribution in [3.63, 3.8) is 0 Å². The summed E-state index contributed by atoms with van der Waals surface area (Å²) in [4.78, 5) is 10.9. The molecule has 0 aliphatic heterocycles. The van der Waals surface area contributed by atoms with Gasteiger partial charge in [-0.3, -0.25) is 0 Å². The summed E-state index contributed by atoms with van der Waals surface area (Å²) in [5, 5.41) is 8.92. The lowest BCUT2D eigenvalue weighted by Crippen LogP contribution is -1.97. The number of carbonyl (C=O) groups is 1. The first-order valence-corrected chi connectivity index (χ1v) is 6.29. The van der Waals surface area contributed by atoms with E-state index >= 15 is 0 Å². The first kappa shape index (κ1) is 13.8. The topological polar surface area (TPSA) is 46.5 Å². The van der Waals surface area contributed by atoms with E-state index in [2.05, 4.69) is 15.9 Å². The Labute approximate surface area is 121 Å². The van der Waals surface area contributed by atoms with Gasteiger partial charge in [0.1, 0.15) is 17.3 Å². The summed E-state index contributed by atoms with van der Waals surface area (Å²) in [6, 6.07) is 8.36. The molecule has 2 rings (SSSR count). The zero-order valence-electron chi connectivity index (χ0n) is 9.36. The first-order chi connectivity index (χ1) is 8.95. The SMILES string of the molecule is O=C(O)c1cc(Br)cc(Oc2ccc(Cl)c(F)c2)c1. The molecule has 0 saturated carbocycles. The van der Waals surface area contributed by atoms with Crippen LogP contribution in [0.15, 0.2) is 40.9 Å². The highest BCUT2D eigenvalue weighted by molar-refractivity contribution is 9.10. The van der Waals surface area contributed by atoms with Crippen molar-refractivity contribution in [2.24, 2.45) is 0 Å². The molecule has 0 saturated heterocycles. The summed E-state index contributed by atoms with van der Waals surface area (Å²) in [6.07, 6.45) is 0. The number of carboxylic acids is 1. The number of carboxylic acid groups (broad SMARTS) is 1. The molecule has 0 unspecified atom stereocenters. The molecule has 6 heteroatoms. The van der Waals surface area contributed by atoms with Crippen LogP contribution in [0.2, 0.25) is 5.02 Å². The maximum Gasteiger partial charge on any atom is 0.335 e. The predicted molar refractivity (Wildman–Crippen MR) is 72.6 cm³/mol. The number of halogens is 3. The van der Waals surface area contributed by atoms with Gasteiger partial charge in [0.05, 0.1) is 10.6 Å². The van der Waals surface area contributed by atoms with Gasteiger partial charge in [0, 0.05) is 10.5 Å². The van der Waals surface area contributed by atoms with E-state index in [4.69, 9.17) is 21.4 Å². The van der Waals surface area contributed by atoms with E-state index in [9.17, 15) is 9.18 Å². The third-order valence-corrected chi connectivity index (χ3v) is 3.01. The summed E-state index contributed by atoms with van der Waals surface area (Å²) in [5.74, 6) is -1.16. The Balaban J connectivity index is 2.32. The van der Waals surface area contributed by atoms with Gasteiger partial charge in [-0.2, -0.15) is 0 Å². The first-order valence-electron chi connectivity index (χ1n) is 5.12. The van der Waals surface area contributed by atoms with Crippen molar-refractivity contribution in [1.29, 1.82) is 0 Å². The quantitative estimate of drug-likeness (QED) is 0.874. The summed E-state index contributed by atoms with van der Waals surface area (Å²) in [7, 11) is 0. The number of hydrogen-bond acceptors (Lipinski definition) is 2. The van der Waals surface area contributed by atoms with Gasteiger partial charge in [0.2, 0.25) is 0 Å². The van der Waals surface area contributed by atoms with Gasteiger partial charge < -0.3 is 9.84 Å². The molecule has 0 fully saturated rings. The average Bonchev–Trinajstić information content (AvgIpc) is 2.33. The summed E-state index contributed by atoms with van der Waals surface area (Å²) >= 11 is 8.74. The van der Waals surface area contributed by atoms with Crippen molar-refractivity contribution in [1.82, 2.24) is 0 Å². The van der Waals surface area contributed by atoms with Crippen molar-refractivity contribution in [2.45, 2.75) is 0 Å². The van der Waals surface area contributed by atoms with E-state index in [1.165, 1.54) is 24.3 Å². The molecule has 0 radical (unpaired) electrons. The van der Waals surface area contributed by atoms with Crippen LogP contribution < -0.4 is 4.74 Å². The predicted octanol–water partition coefficient (Wildman–Crippen LogP) is 4.73.